The average Bonchev–Trinajstić information content (AvgIpc) is 3.74. The van der Waals surface area contributed by atoms with E-state index in [9.17, 15) is 4.79 Å². The number of aromatic amines is 2. The van der Waals surface area contributed by atoms with Gasteiger partial charge in [0, 0.05) is 45.8 Å². The van der Waals surface area contributed by atoms with E-state index in [-0.39, 0.29) is 11.8 Å². The number of hydrogen-bond acceptors (Lipinski definition) is 6. The number of carbonyl (C=O) groups excluding carboxylic acids is 1. The molecule has 0 unspecified atom stereocenters. The number of pyridine rings is 2. The van der Waals surface area contributed by atoms with Gasteiger partial charge >= 0.3 is 0 Å². The quantitative estimate of drug-likeness (QED) is 0.222. The van der Waals surface area contributed by atoms with Crippen LogP contribution < -0.4 is 5.32 Å². The second-order valence-electron chi connectivity index (χ2n) is 9.93. The molecular formula is C29H24FN7OS. The number of aromatic nitrogens is 6. The maximum atomic E-state index is 15.3. The van der Waals surface area contributed by atoms with Crippen molar-refractivity contribution in [3.8, 4) is 33.2 Å². The molecule has 0 saturated heterocycles. The van der Waals surface area contributed by atoms with Gasteiger partial charge < -0.3 is 10.3 Å². The van der Waals surface area contributed by atoms with E-state index >= 15 is 4.39 Å². The number of benzene rings is 1. The fourth-order valence-corrected chi connectivity index (χ4v) is 6.18. The second kappa shape index (κ2) is 9.39. The van der Waals surface area contributed by atoms with Gasteiger partial charge in [-0.15, -0.1) is 11.3 Å². The summed E-state index contributed by atoms with van der Waals surface area (Å²) in [5.74, 6) is 0.171. The zero-order valence-electron chi connectivity index (χ0n) is 21.1. The van der Waals surface area contributed by atoms with Crippen LogP contribution in [-0.2, 0) is 4.79 Å². The summed E-state index contributed by atoms with van der Waals surface area (Å²) in [6, 6.07) is 10.9. The Morgan fingerprint density at radius 2 is 1.95 bits per heavy atom. The van der Waals surface area contributed by atoms with E-state index in [2.05, 4.69) is 43.5 Å². The van der Waals surface area contributed by atoms with Gasteiger partial charge in [0.05, 0.1) is 27.8 Å². The van der Waals surface area contributed by atoms with Gasteiger partial charge in [-0.3, -0.25) is 19.9 Å². The first-order valence-electron chi connectivity index (χ1n) is 12.9. The maximum Gasteiger partial charge on any atom is 0.227 e. The molecule has 6 aromatic rings. The molecule has 1 aliphatic rings. The lowest BCUT2D eigenvalue weighted by molar-refractivity contribution is -0.119. The van der Waals surface area contributed by atoms with Crippen molar-refractivity contribution < 1.29 is 9.18 Å². The molecule has 0 radical (unpaired) electrons. The third-order valence-electron chi connectivity index (χ3n) is 7.29. The third kappa shape index (κ3) is 4.26. The largest absolute Gasteiger partial charge is 0.336 e. The van der Waals surface area contributed by atoms with E-state index in [1.165, 1.54) is 10.9 Å². The number of imidazole rings is 1. The van der Waals surface area contributed by atoms with Crippen LogP contribution >= 0.6 is 11.3 Å². The molecule has 8 nitrogen and oxygen atoms in total. The lowest BCUT2D eigenvalue weighted by Gasteiger charge is -2.11. The first kappa shape index (κ1) is 23.7. The summed E-state index contributed by atoms with van der Waals surface area (Å²) >= 11 is 1.67. The molecule has 1 fully saturated rings. The molecular weight excluding hydrogens is 513 g/mol. The van der Waals surface area contributed by atoms with E-state index in [1.54, 1.807) is 42.1 Å². The van der Waals surface area contributed by atoms with Gasteiger partial charge in [-0.2, -0.15) is 5.10 Å². The number of rotatable bonds is 5. The van der Waals surface area contributed by atoms with Crippen LogP contribution in [0.25, 0.3) is 55.2 Å². The van der Waals surface area contributed by atoms with E-state index in [1.807, 2.05) is 12.1 Å². The Hall–Kier alpha value is -4.44. The molecule has 7 rings (SSSR count). The van der Waals surface area contributed by atoms with E-state index in [0.29, 0.717) is 39.2 Å². The molecule has 39 heavy (non-hydrogen) atoms. The van der Waals surface area contributed by atoms with Crippen LogP contribution in [0.5, 0.6) is 0 Å². The van der Waals surface area contributed by atoms with Crippen LogP contribution in [0.2, 0.25) is 0 Å². The van der Waals surface area contributed by atoms with Gasteiger partial charge in [-0.05, 0) is 50.1 Å². The van der Waals surface area contributed by atoms with Crippen molar-refractivity contribution in [2.45, 2.75) is 32.6 Å². The molecule has 5 heterocycles. The minimum Gasteiger partial charge on any atom is -0.336 e. The summed E-state index contributed by atoms with van der Waals surface area (Å²) in [5, 5.41) is 11.1. The molecule has 1 amide bonds. The number of amides is 1. The SMILES string of the molecule is Cc1ccc(-c2nccc3[nH]c(-c4n[nH]c5cc(F)c(-c6cncc(NC(=O)C7CCCC7)c6)cc45)nc23)s1. The number of halogens is 1. The molecule has 1 aromatic carbocycles. The topological polar surface area (TPSA) is 112 Å². The van der Waals surface area contributed by atoms with Crippen LogP contribution in [0.4, 0.5) is 10.1 Å². The summed E-state index contributed by atoms with van der Waals surface area (Å²) in [4.78, 5) is 31.9. The summed E-state index contributed by atoms with van der Waals surface area (Å²) in [6.45, 7) is 2.06. The Labute approximate surface area is 226 Å². The number of fused-ring (bicyclic) bond motifs is 2. The first-order chi connectivity index (χ1) is 19.0. The van der Waals surface area contributed by atoms with Crippen molar-refractivity contribution in [3.63, 3.8) is 0 Å². The zero-order chi connectivity index (χ0) is 26.5. The number of thiophene rings is 1. The van der Waals surface area contributed by atoms with Crippen molar-refractivity contribution >= 4 is 44.9 Å². The van der Waals surface area contributed by atoms with Crippen molar-refractivity contribution in [2.24, 2.45) is 5.92 Å². The predicted octanol–water partition coefficient (Wildman–Crippen LogP) is 6.87. The van der Waals surface area contributed by atoms with Crippen LogP contribution in [-0.4, -0.2) is 36.0 Å². The highest BCUT2D eigenvalue weighted by Crippen LogP contribution is 2.35. The van der Waals surface area contributed by atoms with Crippen molar-refractivity contribution in [3.05, 3.63) is 65.7 Å². The number of nitrogens with zero attached hydrogens (tertiary/aromatic N) is 4. The molecule has 10 heteroatoms. The zero-order valence-corrected chi connectivity index (χ0v) is 21.9. The van der Waals surface area contributed by atoms with Crippen LogP contribution in [0.3, 0.4) is 0 Å². The molecule has 0 bridgehead atoms. The number of nitrogens with one attached hydrogen (secondary N) is 3. The van der Waals surface area contributed by atoms with Gasteiger partial charge in [-0.1, -0.05) is 12.8 Å². The first-order valence-corrected chi connectivity index (χ1v) is 13.7. The van der Waals surface area contributed by atoms with Gasteiger partial charge in [0.25, 0.3) is 0 Å². The summed E-state index contributed by atoms with van der Waals surface area (Å²) in [6.07, 6.45) is 8.90. The average molecular weight is 538 g/mol. The summed E-state index contributed by atoms with van der Waals surface area (Å²) in [5.41, 5.74) is 5.01. The minimum atomic E-state index is -0.414. The standard InChI is InChI=1S/C29H24FN7OS/c1-15-6-7-24(39-15)27-26-22(8-9-32-27)34-28(35-26)25-20-11-19(21(30)12-23(20)36-37-25)17-10-18(14-31-13-17)33-29(38)16-4-2-3-5-16/h6-14,16H,2-5H2,1H3,(H,33,38)(H,34,35)(H,36,37). The molecule has 1 saturated carbocycles. The monoisotopic (exact) mass is 537 g/mol. The highest BCUT2D eigenvalue weighted by molar-refractivity contribution is 7.15. The van der Waals surface area contributed by atoms with Gasteiger partial charge in [0.15, 0.2) is 5.82 Å². The van der Waals surface area contributed by atoms with E-state index in [0.717, 1.165) is 47.3 Å². The lowest BCUT2D eigenvalue weighted by atomic mass is 10.0. The number of H-pyrrole nitrogens is 2. The fourth-order valence-electron chi connectivity index (χ4n) is 5.32. The molecule has 0 atom stereocenters. The molecule has 3 N–H and O–H groups in total. The minimum absolute atomic E-state index is 0.00375. The fraction of sp³-hybridized carbons (Fsp3) is 0.207. The number of aryl methyl sites for hydroxylation is 1. The summed E-state index contributed by atoms with van der Waals surface area (Å²) < 4.78 is 15.3. The van der Waals surface area contributed by atoms with Crippen LogP contribution in [0, 0.1) is 18.7 Å². The van der Waals surface area contributed by atoms with Crippen LogP contribution in [0.15, 0.2) is 55.0 Å². The molecule has 1 aliphatic carbocycles. The Morgan fingerprint density at radius 1 is 1.08 bits per heavy atom. The Kier molecular flexibility index (Phi) is 5.70. The second-order valence-corrected chi connectivity index (χ2v) is 11.2. The van der Waals surface area contributed by atoms with E-state index in [4.69, 9.17) is 4.98 Å². The molecule has 5 aromatic heterocycles. The lowest BCUT2D eigenvalue weighted by Crippen LogP contribution is -2.20. The molecule has 194 valence electrons. The highest BCUT2D eigenvalue weighted by atomic mass is 32.1. The molecule has 0 aliphatic heterocycles. The number of anilines is 1. The van der Waals surface area contributed by atoms with Gasteiger partial charge in [-0.25, -0.2) is 9.37 Å². The normalized spacial score (nSPS) is 14.0. The van der Waals surface area contributed by atoms with Crippen molar-refractivity contribution in [1.82, 2.24) is 30.1 Å². The molecule has 0 spiro atoms. The Bertz CT molecular complexity index is 1860. The van der Waals surface area contributed by atoms with E-state index < -0.39 is 5.82 Å². The maximum absolute atomic E-state index is 15.3. The Balaban J connectivity index is 1.27. The Morgan fingerprint density at radius 3 is 2.77 bits per heavy atom. The van der Waals surface area contributed by atoms with Gasteiger partial charge in [0.1, 0.15) is 22.7 Å². The highest BCUT2D eigenvalue weighted by Gasteiger charge is 2.23. The summed E-state index contributed by atoms with van der Waals surface area (Å²) in [7, 11) is 0. The van der Waals surface area contributed by atoms with Crippen molar-refractivity contribution in [2.75, 3.05) is 5.32 Å². The van der Waals surface area contributed by atoms with Gasteiger partial charge in [0.2, 0.25) is 5.91 Å². The predicted molar refractivity (Wildman–Crippen MR) is 151 cm³/mol. The number of carbonyl (C=O) groups is 1. The van der Waals surface area contributed by atoms with Crippen LogP contribution in [0.1, 0.15) is 30.6 Å². The van der Waals surface area contributed by atoms with Crippen molar-refractivity contribution in [1.29, 1.82) is 0 Å². The number of hydrogen-bond donors (Lipinski definition) is 3. The third-order valence-corrected chi connectivity index (χ3v) is 8.30. The smallest absolute Gasteiger partial charge is 0.227 e.